The number of carbonyl (C=O) groups is 1. The van der Waals surface area contributed by atoms with Gasteiger partial charge in [0.1, 0.15) is 17.3 Å². The summed E-state index contributed by atoms with van der Waals surface area (Å²) in [5.41, 5.74) is 8.06. The zero-order valence-corrected chi connectivity index (χ0v) is 16.7. The molecular formula is C21H25N7O. The van der Waals surface area contributed by atoms with Gasteiger partial charge in [0.05, 0.1) is 12.1 Å². The van der Waals surface area contributed by atoms with E-state index in [9.17, 15) is 4.79 Å². The maximum Gasteiger partial charge on any atom is 0.257 e. The Morgan fingerprint density at radius 1 is 1.28 bits per heavy atom. The lowest BCUT2D eigenvalue weighted by Crippen LogP contribution is -2.36. The first-order valence-electron chi connectivity index (χ1n) is 9.67. The zero-order chi connectivity index (χ0) is 20.4. The maximum atomic E-state index is 13.2. The predicted octanol–water partition coefficient (Wildman–Crippen LogP) is 1.81. The van der Waals surface area contributed by atoms with Crippen LogP contribution in [0, 0.1) is 0 Å². The standard InChI is InChI=1S/C21H25N7O/c1-26(14-19-23-10-8-18(22)24-19)16-9-11-28(12-16)21(29)17-13-27(2)25-20(17)15-6-4-3-5-7-15/h3-8,10,13,16H,9,11-12,14H2,1-2H3,(H2,22,23,24)/t16-/m0/s1. The fourth-order valence-electron chi connectivity index (χ4n) is 3.75. The molecule has 1 fully saturated rings. The van der Waals surface area contributed by atoms with Crippen LogP contribution in [0.1, 0.15) is 22.6 Å². The van der Waals surface area contributed by atoms with E-state index in [1.54, 1.807) is 16.9 Å². The van der Waals surface area contributed by atoms with Gasteiger partial charge >= 0.3 is 0 Å². The summed E-state index contributed by atoms with van der Waals surface area (Å²) >= 11 is 0. The summed E-state index contributed by atoms with van der Waals surface area (Å²) in [6.07, 6.45) is 4.39. The minimum absolute atomic E-state index is 0.0214. The maximum absolute atomic E-state index is 13.2. The molecule has 8 nitrogen and oxygen atoms in total. The van der Waals surface area contributed by atoms with Crippen LogP contribution in [-0.4, -0.2) is 61.6 Å². The Hall–Kier alpha value is -3.26. The van der Waals surface area contributed by atoms with E-state index < -0.39 is 0 Å². The van der Waals surface area contributed by atoms with Gasteiger partial charge < -0.3 is 10.6 Å². The first-order valence-corrected chi connectivity index (χ1v) is 9.67. The average molecular weight is 391 g/mol. The number of benzene rings is 1. The smallest absolute Gasteiger partial charge is 0.257 e. The van der Waals surface area contributed by atoms with Crippen LogP contribution in [-0.2, 0) is 13.6 Å². The number of anilines is 1. The molecular weight excluding hydrogens is 366 g/mol. The SMILES string of the molecule is CN(Cc1nccc(N)n1)[C@H]1CCN(C(=O)c2cn(C)nc2-c2ccccc2)C1. The third-order valence-corrected chi connectivity index (χ3v) is 5.30. The lowest BCUT2D eigenvalue weighted by atomic mass is 10.1. The molecule has 0 aliphatic carbocycles. The van der Waals surface area contributed by atoms with Crippen molar-refractivity contribution in [3.8, 4) is 11.3 Å². The highest BCUT2D eigenvalue weighted by Crippen LogP contribution is 2.25. The predicted molar refractivity (Wildman–Crippen MR) is 111 cm³/mol. The van der Waals surface area contributed by atoms with Crippen LogP contribution in [0.5, 0.6) is 0 Å². The van der Waals surface area contributed by atoms with Crippen LogP contribution in [0.15, 0.2) is 48.8 Å². The summed E-state index contributed by atoms with van der Waals surface area (Å²) < 4.78 is 1.70. The Labute approximate surface area is 170 Å². The van der Waals surface area contributed by atoms with Gasteiger partial charge in [0.15, 0.2) is 0 Å². The summed E-state index contributed by atoms with van der Waals surface area (Å²) in [6.45, 7) is 1.98. The normalized spacial score (nSPS) is 16.5. The van der Waals surface area contributed by atoms with Crippen molar-refractivity contribution in [3.05, 3.63) is 60.2 Å². The fourth-order valence-corrected chi connectivity index (χ4v) is 3.75. The summed E-state index contributed by atoms with van der Waals surface area (Å²) in [6, 6.07) is 11.8. The van der Waals surface area contributed by atoms with Gasteiger partial charge in [0, 0.05) is 44.1 Å². The number of carbonyl (C=O) groups excluding carboxylic acids is 1. The van der Waals surface area contributed by atoms with E-state index in [-0.39, 0.29) is 11.9 Å². The molecule has 0 bridgehead atoms. The molecule has 4 rings (SSSR count). The highest BCUT2D eigenvalue weighted by atomic mass is 16.2. The number of hydrogen-bond donors (Lipinski definition) is 1. The van der Waals surface area contributed by atoms with Crippen LogP contribution < -0.4 is 5.73 Å². The molecule has 2 N–H and O–H groups in total. The highest BCUT2D eigenvalue weighted by Gasteiger charge is 2.31. The Bertz CT molecular complexity index is 1000. The number of aromatic nitrogens is 4. The summed E-state index contributed by atoms with van der Waals surface area (Å²) in [5.74, 6) is 1.18. The first-order chi connectivity index (χ1) is 14.0. The largest absolute Gasteiger partial charge is 0.384 e. The van der Waals surface area contributed by atoms with Crippen molar-refractivity contribution in [2.45, 2.75) is 19.0 Å². The fraction of sp³-hybridized carbons (Fsp3) is 0.333. The quantitative estimate of drug-likeness (QED) is 0.713. The van der Waals surface area contributed by atoms with Crippen LogP contribution in [0.2, 0.25) is 0 Å². The second kappa shape index (κ2) is 8.00. The molecule has 3 aromatic rings. The molecule has 1 aliphatic rings. The van der Waals surface area contributed by atoms with Gasteiger partial charge in [0.2, 0.25) is 0 Å². The van der Waals surface area contributed by atoms with Crippen molar-refractivity contribution in [1.82, 2.24) is 29.5 Å². The van der Waals surface area contributed by atoms with Gasteiger partial charge in [-0.25, -0.2) is 9.97 Å². The monoisotopic (exact) mass is 391 g/mol. The van der Waals surface area contributed by atoms with E-state index in [1.807, 2.05) is 55.5 Å². The Morgan fingerprint density at radius 3 is 2.83 bits per heavy atom. The highest BCUT2D eigenvalue weighted by molar-refractivity contribution is 6.00. The van der Waals surface area contributed by atoms with Gasteiger partial charge in [0.25, 0.3) is 5.91 Å². The number of likely N-dealkylation sites (tertiary alicyclic amines) is 1. The number of hydrogen-bond acceptors (Lipinski definition) is 6. The average Bonchev–Trinajstić information content (AvgIpc) is 3.35. The minimum atomic E-state index is 0.0214. The zero-order valence-electron chi connectivity index (χ0n) is 16.7. The number of likely N-dealkylation sites (N-methyl/N-ethyl adjacent to an activating group) is 1. The van der Waals surface area contributed by atoms with Crippen molar-refractivity contribution in [1.29, 1.82) is 0 Å². The van der Waals surface area contributed by atoms with Crippen LogP contribution in [0.3, 0.4) is 0 Å². The minimum Gasteiger partial charge on any atom is -0.384 e. The molecule has 0 saturated carbocycles. The van der Waals surface area contributed by atoms with E-state index in [0.717, 1.165) is 24.2 Å². The number of amides is 1. The van der Waals surface area contributed by atoms with E-state index in [0.29, 0.717) is 30.3 Å². The van der Waals surface area contributed by atoms with E-state index >= 15 is 0 Å². The summed E-state index contributed by atoms with van der Waals surface area (Å²) in [5, 5.41) is 4.52. The number of aryl methyl sites for hydroxylation is 1. The molecule has 0 unspecified atom stereocenters. The third kappa shape index (κ3) is 4.12. The molecule has 1 atom stereocenters. The summed E-state index contributed by atoms with van der Waals surface area (Å²) in [7, 11) is 3.88. The second-order valence-corrected chi connectivity index (χ2v) is 7.44. The number of rotatable bonds is 5. The molecule has 1 saturated heterocycles. The third-order valence-electron chi connectivity index (χ3n) is 5.30. The van der Waals surface area contributed by atoms with Gasteiger partial charge in [-0.1, -0.05) is 30.3 Å². The molecule has 8 heteroatoms. The Kier molecular flexibility index (Phi) is 5.26. The van der Waals surface area contributed by atoms with Crippen LogP contribution in [0.4, 0.5) is 5.82 Å². The lowest BCUT2D eigenvalue weighted by molar-refractivity contribution is 0.0780. The number of nitrogen functional groups attached to an aromatic ring is 1. The van der Waals surface area contributed by atoms with Crippen molar-refractivity contribution in [2.24, 2.45) is 7.05 Å². The lowest BCUT2D eigenvalue weighted by Gasteiger charge is -2.24. The van der Waals surface area contributed by atoms with E-state index in [2.05, 4.69) is 20.0 Å². The van der Waals surface area contributed by atoms with Crippen molar-refractivity contribution >= 4 is 11.7 Å². The molecule has 1 amide bonds. The van der Waals surface area contributed by atoms with Crippen LogP contribution in [0.25, 0.3) is 11.3 Å². The molecule has 0 radical (unpaired) electrons. The topological polar surface area (TPSA) is 93.2 Å². The molecule has 150 valence electrons. The van der Waals surface area contributed by atoms with Crippen molar-refractivity contribution < 1.29 is 4.79 Å². The molecule has 1 aromatic carbocycles. The molecule has 3 heterocycles. The van der Waals surface area contributed by atoms with Gasteiger partial charge in [-0.3, -0.25) is 14.4 Å². The number of nitrogens with zero attached hydrogens (tertiary/aromatic N) is 6. The van der Waals surface area contributed by atoms with Crippen LogP contribution >= 0.6 is 0 Å². The van der Waals surface area contributed by atoms with E-state index in [4.69, 9.17) is 5.73 Å². The molecule has 1 aliphatic heterocycles. The molecule has 0 spiro atoms. The number of nitrogens with two attached hydrogens (primary N) is 1. The molecule has 2 aromatic heterocycles. The van der Waals surface area contributed by atoms with Gasteiger partial charge in [-0.2, -0.15) is 5.10 Å². The van der Waals surface area contributed by atoms with Gasteiger partial charge in [-0.15, -0.1) is 0 Å². The first kappa shape index (κ1) is 19.1. The van der Waals surface area contributed by atoms with E-state index in [1.165, 1.54) is 0 Å². The Morgan fingerprint density at radius 2 is 2.07 bits per heavy atom. The van der Waals surface area contributed by atoms with Crippen molar-refractivity contribution in [3.63, 3.8) is 0 Å². The Balaban J connectivity index is 1.46. The van der Waals surface area contributed by atoms with Gasteiger partial charge in [-0.05, 0) is 19.5 Å². The van der Waals surface area contributed by atoms with Crippen molar-refractivity contribution in [2.75, 3.05) is 25.9 Å². The second-order valence-electron chi connectivity index (χ2n) is 7.44. The molecule has 29 heavy (non-hydrogen) atoms. The summed E-state index contributed by atoms with van der Waals surface area (Å²) in [4.78, 5) is 25.9.